The van der Waals surface area contributed by atoms with Gasteiger partial charge in [-0.05, 0) is 35.4 Å². The van der Waals surface area contributed by atoms with Crippen LogP contribution < -0.4 is 0 Å². The second kappa shape index (κ2) is 4.55. The Morgan fingerprint density at radius 2 is 1.89 bits per heavy atom. The van der Waals surface area contributed by atoms with E-state index >= 15 is 0 Å². The highest BCUT2D eigenvalue weighted by Gasteiger charge is 2.04. The fourth-order valence-corrected chi connectivity index (χ4v) is 2.09. The third-order valence-corrected chi connectivity index (χ3v) is 2.94. The summed E-state index contributed by atoms with van der Waals surface area (Å²) in [5, 5.41) is 10.3. The number of aromatic nitrogens is 2. The van der Waals surface area contributed by atoms with Crippen LogP contribution in [0.3, 0.4) is 0 Å². The first kappa shape index (κ1) is 10.9. The van der Waals surface area contributed by atoms with Crippen LogP contribution in [0.5, 0.6) is 0 Å². The molecule has 2 aromatic heterocycles. The van der Waals surface area contributed by atoms with Crippen LogP contribution in [-0.4, -0.2) is 15.1 Å². The van der Waals surface area contributed by atoms with E-state index in [0.29, 0.717) is 5.69 Å². The normalized spacial score (nSPS) is 10.7. The predicted octanol–water partition coefficient (Wildman–Crippen LogP) is 2.79. The summed E-state index contributed by atoms with van der Waals surface area (Å²) in [5.41, 5.74) is 3.80. The standard InChI is InChI=1S/C15H12N2O/c18-10-12-9-11(6-8-16-12)13-3-1-5-15-14(13)4-2-7-17-15/h1-9,18H,10H2. The van der Waals surface area contributed by atoms with Crippen LogP contribution >= 0.6 is 0 Å². The SMILES string of the molecule is OCc1cc(-c2cccc3ncccc23)ccn1. The lowest BCUT2D eigenvalue weighted by molar-refractivity contribution is 0.277. The summed E-state index contributed by atoms with van der Waals surface area (Å²) >= 11 is 0. The van der Waals surface area contributed by atoms with Crippen molar-refractivity contribution >= 4 is 10.9 Å². The Morgan fingerprint density at radius 3 is 2.78 bits per heavy atom. The van der Waals surface area contributed by atoms with Gasteiger partial charge in [-0.15, -0.1) is 0 Å². The number of hydrogen-bond acceptors (Lipinski definition) is 3. The van der Waals surface area contributed by atoms with Crippen molar-refractivity contribution in [2.75, 3.05) is 0 Å². The van der Waals surface area contributed by atoms with Gasteiger partial charge in [0.2, 0.25) is 0 Å². The van der Waals surface area contributed by atoms with Crippen molar-refractivity contribution in [3.05, 3.63) is 60.6 Å². The summed E-state index contributed by atoms with van der Waals surface area (Å²) in [6, 6.07) is 13.9. The van der Waals surface area contributed by atoms with E-state index in [1.54, 1.807) is 12.4 Å². The molecule has 1 aromatic carbocycles. The van der Waals surface area contributed by atoms with Gasteiger partial charge in [0, 0.05) is 17.8 Å². The van der Waals surface area contributed by atoms with E-state index in [4.69, 9.17) is 5.11 Å². The zero-order valence-corrected chi connectivity index (χ0v) is 9.74. The number of hydrogen-bond donors (Lipinski definition) is 1. The third-order valence-electron chi connectivity index (χ3n) is 2.94. The molecule has 3 heteroatoms. The van der Waals surface area contributed by atoms with Crippen molar-refractivity contribution in [3.63, 3.8) is 0 Å². The van der Waals surface area contributed by atoms with Crippen LogP contribution in [0.4, 0.5) is 0 Å². The van der Waals surface area contributed by atoms with Crippen LogP contribution in [0.2, 0.25) is 0 Å². The summed E-state index contributed by atoms with van der Waals surface area (Å²) in [5.74, 6) is 0. The monoisotopic (exact) mass is 236 g/mol. The number of aliphatic hydroxyl groups excluding tert-OH is 1. The number of pyridine rings is 2. The second-order valence-corrected chi connectivity index (χ2v) is 4.07. The van der Waals surface area contributed by atoms with E-state index in [2.05, 4.69) is 22.1 Å². The van der Waals surface area contributed by atoms with Gasteiger partial charge in [-0.3, -0.25) is 9.97 Å². The van der Waals surface area contributed by atoms with Gasteiger partial charge >= 0.3 is 0 Å². The molecule has 0 saturated heterocycles. The minimum Gasteiger partial charge on any atom is -0.390 e. The lowest BCUT2D eigenvalue weighted by Gasteiger charge is -2.07. The quantitative estimate of drug-likeness (QED) is 0.744. The Kier molecular flexibility index (Phi) is 2.74. The van der Waals surface area contributed by atoms with Gasteiger partial charge in [-0.2, -0.15) is 0 Å². The molecular formula is C15H12N2O. The van der Waals surface area contributed by atoms with Gasteiger partial charge in [0.25, 0.3) is 0 Å². The molecule has 0 bridgehead atoms. The Balaban J connectivity index is 2.24. The molecule has 1 N–H and O–H groups in total. The summed E-state index contributed by atoms with van der Waals surface area (Å²) < 4.78 is 0. The molecule has 0 radical (unpaired) electrons. The molecule has 0 saturated carbocycles. The van der Waals surface area contributed by atoms with Crippen molar-refractivity contribution in [1.29, 1.82) is 0 Å². The molecule has 88 valence electrons. The van der Waals surface area contributed by atoms with E-state index in [-0.39, 0.29) is 6.61 Å². The molecule has 3 nitrogen and oxygen atoms in total. The largest absolute Gasteiger partial charge is 0.390 e. The molecule has 0 fully saturated rings. The minimum atomic E-state index is -0.0448. The number of nitrogens with zero attached hydrogens (tertiary/aromatic N) is 2. The first-order valence-electron chi connectivity index (χ1n) is 5.78. The smallest absolute Gasteiger partial charge is 0.0853 e. The molecule has 3 rings (SSSR count). The zero-order chi connectivity index (χ0) is 12.4. The fourth-order valence-electron chi connectivity index (χ4n) is 2.09. The van der Waals surface area contributed by atoms with Gasteiger partial charge in [-0.25, -0.2) is 0 Å². The van der Waals surface area contributed by atoms with Gasteiger partial charge in [-0.1, -0.05) is 18.2 Å². The molecule has 0 spiro atoms. The summed E-state index contributed by atoms with van der Waals surface area (Å²) in [6.45, 7) is -0.0448. The van der Waals surface area contributed by atoms with Crippen molar-refractivity contribution < 1.29 is 5.11 Å². The van der Waals surface area contributed by atoms with Crippen LogP contribution in [0, 0.1) is 0 Å². The van der Waals surface area contributed by atoms with Crippen molar-refractivity contribution in [2.45, 2.75) is 6.61 Å². The minimum absolute atomic E-state index is 0.0448. The first-order chi connectivity index (χ1) is 8.88. The number of rotatable bonds is 2. The van der Waals surface area contributed by atoms with E-state index in [1.165, 1.54) is 0 Å². The lowest BCUT2D eigenvalue weighted by Crippen LogP contribution is -1.90. The van der Waals surface area contributed by atoms with Crippen LogP contribution in [0.1, 0.15) is 5.69 Å². The van der Waals surface area contributed by atoms with Gasteiger partial charge in [0.15, 0.2) is 0 Å². The van der Waals surface area contributed by atoms with E-state index < -0.39 is 0 Å². The summed E-state index contributed by atoms with van der Waals surface area (Å²) in [6.07, 6.45) is 3.51. The Labute approximate surface area is 105 Å². The topological polar surface area (TPSA) is 46.0 Å². The van der Waals surface area contributed by atoms with Crippen molar-refractivity contribution in [2.24, 2.45) is 0 Å². The number of fused-ring (bicyclic) bond motifs is 1. The highest BCUT2D eigenvalue weighted by atomic mass is 16.3. The average molecular weight is 236 g/mol. The van der Waals surface area contributed by atoms with Gasteiger partial charge in [0.05, 0.1) is 17.8 Å². The summed E-state index contributed by atoms with van der Waals surface area (Å²) in [7, 11) is 0. The molecule has 2 heterocycles. The lowest BCUT2D eigenvalue weighted by atomic mass is 10.0. The van der Waals surface area contributed by atoms with Gasteiger partial charge in [0.1, 0.15) is 0 Å². The molecule has 3 aromatic rings. The first-order valence-corrected chi connectivity index (χ1v) is 5.78. The number of aliphatic hydroxyl groups is 1. The molecule has 0 atom stereocenters. The third kappa shape index (κ3) is 1.85. The zero-order valence-electron chi connectivity index (χ0n) is 9.74. The molecule has 0 unspecified atom stereocenters. The highest BCUT2D eigenvalue weighted by molar-refractivity contribution is 5.94. The summed E-state index contributed by atoms with van der Waals surface area (Å²) in [4.78, 5) is 8.44. The fraction of sp³-hybridized carbons (Fsp3) is 0.0667. The van der Waals surface area contributed by atoms with E-state index in [9.17, 15) is 0 Å². The molecule has 0 amide bonds. The van der Waals surface area contributed by atoms with Gasteiger partial charge < -0.3 is 5.11 Å². The maximum absolute atomic E-state index is 9.15. The molecule has 0 aliphatic carbocycles. The van der Waals surface area contributed by atoms with Crippen molar-refractivity contribution in [1.82, 2.24) is 9.97 Å². The predicted molar refractivity (Wildman–Crippen MR) is 70.9 cm³/mol. The highest BCUT2D eigenvalue weighted by Crippen LogP contribution is 2.27. The van der Waals surface area contributed by atoms with E-state index in [0.717, 1.165) is 22.0 Å². The van der Waals surface area contributed by atoms with Crippen LogP contribution in [0.25, 0.3) is 22.0 Å². The van der Waals surface area contributed by atoms with E-state index in [1.807, 2.05) is 30.3 Å². The number of benzene rings is 1. The van der Waals surface area contributed by atoms with Crippen molar-refractivity contribution in [3.8, 4) is 11.1 Å². The Morgan fingerprint density at radius 1 is 0.944 bits per heavy atom. The molecule has 0 aliphatic heterocycles. The van der Waals surface area contributed by atoms with Crippen LogP contribution in [-0.2, 0) is 6.61 Å². The Hall–Kier alpha value is -2.26. The molecule has 18 heavy (non-hydrogen) atoms. The molecular weight excluding hydrogens is 224 g/mol. The maximum Gasteiger partial charge on any atom is 0.0853 e. The maximum atomic E-state index is 9.15. The average Bonchev–Trinajstić information content (AvgIpc) is 2.47. The Bertz CT molecular complexity index is 689. The molecule has 0 aliphatic rings. The van der Waals surface area contributed by atoms with Crippen LogP contribution in [0.15, 0.2) is 54.9 Å². The second-order valence-electron chi connectivity index (χ2n) is 4.07.